The quantitative estimate of drug-likeness (QED) is 0.853. The Hall–Kier alpha value is -2.75. The molecule has 1 aliphatic rings. The minimum atomic E-state index is -0.120. The molecule has 3 heterocycles. The van der Waals surface area contributed by atoms with Crippen LogP contribution in [-0.2, 0) is 0 Å². The van der Waals surface area contributed by atoms with Crippen molar-refractivity contribution in [1.29, 1.82) is 5.26 Å². The topological polar surface area (TPSA) is 95.9 Å². The van der Waals surface area contributed by atoms with Gasteiger partial charge >= 0.3 is 0 Å². The minimum absolute atomic E-state index is 0.0772. The molecule has 130 valence electrons. The van der Waals surface area contributed by atoms with Gasteiger partial charge in [0.15, 0.2) is 5.82 Å². The molecular weight excluding hydrogens is 318 g/mol. The second kappa shape index (κ2) is 7.01. The van der Waals surface area contributed by atoms with Crippen LogP contribution in [0.25, 0.3) is 0 Å². The highest BCUT2D eigenvalue weighted by Gasteiger charge is 2.29. The maximum Gasteiger partial charge on any atom is 0.272 e. The number of amides is 1. The first-order chi connectivity index (χ1) is 12.0. The van der Waals surface area contributed by atoms with Gasteiger partial charge in [-0.1, -0.05) is 19.0 Å². The van der Waals surface area contributed by atoms with Gasteiger partial charge in [0.1, 0.15) is 11.8 Å². The van der Waals surface area contributed by atoms with Crippen LogP contribution < -0.4 is 0 Å². The summed E-state index contributed by atoms with van der Waals surface area (Å²) < 4.78 is 5.29. The number of piperidine rings is 1. The van der Waals surface area contributed by atoms with E-state index < -0.39 is 0 Å². The minimum Gasteiger partial charge on any atom is -0.339 e. The van der Waals surface area contributed by atoms with E-state index in [-0.39, 0.29) is 17.7 Å². The van der Waals surface area contributed by atoms with Crippen LogP contribution in [0.4, 0.5) is 0 Å². The molecule has 0 aliphatic carbocycles. The van der Waals surface area contributed by atoms with Crippen LogP contribution in [0.3, 0.4) is 0 Å². The summed E-state index contributed by atoms with van der Waals surface area (Å²) in [6.07, 6.45) is 1.82. The van der Waals surface area contributed by atoms with Crippen LogP contribution >= 0.6 is 0 Å². The molecule has 1 saturated heterocycles. The van der Waals surface area contributed by atoms with Crippen LogP contribution in [0.15, 0.2) is 16.7 Å². The maximum atomic E-state index is 12.8. The lowest BCUT2D eigenvalue weighted by Crippen LogP contribution is -2.39. The van der Waals surface area contributed by atoms with Crippen molar-refractivity contribution in [2.24, 2.45) is 0 Å². The van der Waals surface area contributed by atoms with Crippen LogP contribution in [-0.4, -0.2) is 39.0 Å². The van der Waals surface area contributed by atoms with Gasteiger partial charge in [-0.15, -0.1) is 0 Å². The first kappa shape index (κ1) is 17.1. The zero-order chi connectivity index (χ0) is 18.0. The number of aromatic nitrogens is 3. The van der Waals surface area contributed by atoms with Gasteiger partial charge in [0.05, 0.1) is 11.3 Å². The molecule has 0 saturated carbocycles. The van der Waals surface area contributed by atoms with Crippen molar-refractivity contribution < 1.29 is 9.32 Å². The lowest BCUT2D eigenvalue weighted by molar-refractivity contribution is 0.0697. The van der Waals surface area contributed by atoms with Crippen molar-refractivity contribution in [2.45, 2.75) is 45.4 Å². The van der Waals surface area contributed by atoms with Gasteiger partial charge in [0.2, 0.25) is 5.89 Å². The van der Waals surface area contributed by atoms with Crippen LogP contribution in [0.2, 0.25) is 0 Å². The van der Waals surface area contributed by atoms with Crippen molar-refractivity contribution in [3.05, 3.63) is 40.8 Å². The average Bonchev–Trinajstić information content (AvgIpc) is 3.11. The van der Waals surface area contributed by atoms with Gasteiger partial charge < -0.3 is 9.42 Å². The number of hydrogen-bond donors (Lipinski definition) is 0. The molecule has 7 heteroatoms. The van der Waals surface area contributed by atoms with Crippen molar-refractivity contribution in [2.75, 3.05) is 13.1 Å². The van der Waals surface area contributed by atoms with Crippen LogP contribution in [0.1, 0.15) is 72.0 Å². The number of likely N-dealkylation sites (tertiary alicyclic amines) is 1. The molecule has 25 heavy (non-hydrogen) atoms. The van der Waals surface area contributed by atoms with E-state index in [0.29, 0.717) is 41.8 Å². The fourth-order valence-electron chi connectivity index (χ4n) is 2.98. The molecule has 7 nitrogen and oxygen atoms in total. The second-order valence-electron chi connectivity index (χ2n) is 6.68. The van der Waals surface area contributed by atoms with Gasteiger partial charge in [0.25, 0.3) is 5.91 Å². The van der Waals surface area contributed by atoms with Crippen molar-refractivity contribution >= 4 is 5.91 Å². The molecule has 0 bridgehead atoms. The standard InChI is InChI=1S/C18H21N5O2/c1-11(2)17-21-16(22-25-17)14-5-4-8-23(10-14)18(24)15-7-6-13(9-19)12(3)20-15/h6-7,11,14H,4-5,8,10H2,1-3H3. The van der Waals surface area contributed by atoms with E-state index in [4.69, 9.17) is 9.78 Å². The Morgan fingerprint density at radius 2 is 2.20 bits per heavy atom. The number of rotatable bonds is 3. The number of hydrogen-bond acceptors (Lipinski definition) is 6. The summed E-state index contributed by atoms with van der Waals surface area (Å²) in [5.74, 6) is 1.44. The predicted octanol–water partition coefficient (Wildman–Crippen LogP) is 2.79. The number of nitrogens with zero attached hydrogens (tertiary/aromatic N) is 5. The van der Waals surface area contributed by atoms with Crippen LogP contribution in [0.5, 0.6) is 0 Å². The molecule has 3 rings (SSSR count). The second-order valence-corrected chi connectivity index (χ2v) is 6.68. The maximum absolute atomic E-state index is 12.8. The highest BCUT2D eigenvalue weighted by Crippen LogP contribution is 2.27. The normalized spacial score (nSPS) is 17.6. The fourth-order valence-corrected chi connectivity index (χ4v) is 2.98. The third-order valence-electron chi connectivity index (χ3n) is 4.45. The van der Waals surface area contributed by atoms with Gasteiger partial charge in [-0.3, -0.25) is 4.79 Å². The molecule has 1 aliphatic heterocycles. The fraction of sp³-hybridized carbons (Fsp3) is 0.500. The Kier molecular flexibility index (Phi) is 4.79. The zero-order valence-electron chi connectivity index (χ0n) is 14.7. The highest BCUT2D eigenvalue weighted by molar-refractivity contribution is 5.92. The Labute approximate surface area is 146 Å². The summed E-state index contributed by atoms with van der Waals surface area (Å²) >= 11 is 0. The van der Waals surface area contributed by atoms with E-state index in [1.165, 1.54) is 0 Å². The van der Waals surface area contributed by atoms with Gasteiger partial charge in [-0.05, 0) is 31.9 Å². The summed E-state index contributed by atoms with van der Waals surface area (Å²) in [4.78, 5) is 23.3. The van der Waals surface area contributed by atoms with Gasteiger partial charge in [-0.2, -0.15) is 10.2 Å². The lowest BCUT2D eigenvalue weighted by atomic mass is 9.97. The van der Waals surface area contributed by atoms with E-state index >= 15 is 0 Å². The molecule has 0 radical (unpaired) electrons. The predicted molar refractivity (Wildman–Crippen MR) is 90.0 cm³/mol. The molecule has 2 aromatic rings. The summed E-state index contributed by atoms with van der Waals surface area (Å²) in [5, 5.41) is 13.1. The molecular formula is C18H21N5O2. The van der Waals surface area contributed by atoms with E-state index in [2.05, 4.69) is 21.2 Å². The summed E-state index contributed by atoms with van der Waals surface area (Å²) in [5.41, 5.74) is 1.43. The number of carbonyl (C=O) groups excluding carboxylic acids is 1. The van der Waals surface area contributed by atoms with Crippen molar-refractivity contribution in [1.82, 2.24) is 20.0 Å². The number of nitriles is 1. The van der Waals surface area contributed by atoms with Crippen LogP contribution in [0, 0.1) is 18.3 Å². The number of aryl methyl sites for hydroxylation is 1. The Balaban J connectivity index is 1.75. The van der Waals surface area contributed by atoms with Gasteiger partial charge in [0, 0.05) is 24.9 Å². The van der Waals surface area contributed by atoms with Crippen molar-refractivity contribution in [3.63, 3.8) is 0 Å². The molecule has 0 spiro atoms. The summed E-state index contributed by atoms with van der Waals surface area (Å²) in [6, 6.07) is 5.32. The van der Waals surface area contributed by atoms with Crippen molar-refractivity contribution in [3.8, 4) is 6.07 Å². The molecule has 1 fully saturated rings. The smallest absolute Gasteiger partial charge is 0.272 e. The molecule has 0 aromatic carbocycles. The summed E-state index contributed by atoms with van der Waals surface area (Å²) in [7, 11) is 0. The lowest BCUT2D eigenvalue weighted by Gasteiger charge is -2.31. The Morgan fingerprint density at radius 3 is 2.84 bits per heavy atom. The largest absolute Gasteiger partial charge is 0.339 e. The molecule has 1 unspecified atom stereocenters. The third-order valence-corrected chi connectivity index (χ3v) is 4.45. The van der Waals surface area contributed by atoms with E-state index in [0.717, 1.165) is 12.8 Å². The van der Waals surface area contributed by atoms with E-state index in [1.807, 2.05) is 13.8 Å². The van der Waals surface area contributed by atoms with E-state index in [9.17, 15) is 4.79 Å². The molecule has 1 atom stereocenters. The highest BCUT2D eigenvalue weighted by atomic mass is 16.5. The SMILES string of the molecule is Cc1nc(C(=O)N2CCCC(c3noc(C(C)C)n3)C2)ccc1C#N. The monoisotopic (exact) mass is 339 g/mol. The Morgan fingerprint density at radius 1 is 1.40 bits per heavy atom. The number of carbonyl (C=O) groups is 1. The Bertz CT molecular complexity index is 821. The van der Waals surface area contributed by atoms with E-state index in [1.54, 1.807) is 24.0 Å². The first-order valence-electron chi connectivity index (χ1n) is 8.50. The third kappa shape index (κ3) is 3.53. The molecule has 0 N–H and O–H groups in total. The molecule has 2 aromatic heterocycles. The van der Waals surface area contributed by atoms with Gasteiger partial charge in [-0.25, -0.2) is 4.98 Å². The zero-order valence-corrected chi connectivity index (χ0v) is 14.7. The number of pyridine rings is 1. The molecule has 1 amide bonds. The first-order valence-corrected chi connectivity index (χ1v) is 8.50. The average molecular weight is 339 g/mol. The summed E-state index contributed by atoms with van der Waals surface area (Å²) in [6.45, 7) is 6.99.